The second-order valence-electron chi connectivity index (χ2n) is 11.8. The predicted octanol–water partition coefficient (Wildman–Crippen LogP) is 3.82. The van der Waals surface area contributed by atoms with Crippen LogP contribution in [0.4, 0.5) is 5.82 Å². The number of pyridine rings is 3. The number of carbonyl (C=O) groups excluding carboxylic acids is 1. The first kappa shape index (κ1) is 28.5. The van der Waals surface area contributed by atoms with Gasteiger partial charge in [0.2, 0.25) is 0 Å². The quantitative estimate of drug-likeness (QED) is 0.281. The van der Waals surface area contributed by atoms with Gasteiger partial charge in [-0.05, 0) is 57.1 Å². The Kier molecular flexibility index (Phi) is 7.57. The molecule has 1 amide bonds. The van der Waals surface area contributed by atoms with Crippen molar-refractivity contribution in [3.8, 4) is 16.9 Å². The van der Waals surface area contributed by atoms with E-state index >= 15 is 0 Å². The van der Waals surface area contributed by atoms with Crippen molar-refractivity contribution in [3.63, 3.8) is 0 Å². The van der Waals surface area contributed by atoms with E-state index in [1.54, 1.807) is 24.5 Å². The molecule has 12 nitrogen and oxygen atoms in total. The molecule has 2 saturated heterocycles. The van der Waals surface area contributed by atoms with Crippen molar-refractivity contribution in [2.75, 3.05) is 51.3 Å². The lowest BCUT2D eigenvalue weighted by Gasteiger charge is -2.40. The summed E-state index contributed by atoms with van der Waals surface area (Å²) in [5.41, 5.74) is 3.42. The normalized spacial score (nSPS) is 19.0. The summed E-state index contributed by atoms with van der Waals surface area (Å²) in [7, 11) is 2.09. The highest BCUT2D eigenvalue weighted by atomic mass is 35.5. The molecule has 228 valence electrons. The van der Waals surface area contributed by atoms with Crippen molar-refractivity contribution < 1.29 is 14.3 Å². The van der Waals surface area contributed by atoms with Crippen LogP contribution in [-0.4, -0.2) is 98.7 Å². The number of anilines is 1. The van der Waals surface area contributed by atoms with Crippen molar-refractivity contribution in [3.05, 3.63) is 65.8 Å². The second kappa shape index (κ2) is 11.7. The smallest absolute Gasteiger partial charge is 0.271 e. The van der Waals surface area contributed by atoms with Crippen molar-refractivity contribution in [2.45, 2.75) is 31.4 Å². The van der Waals surface area contributed by atoms with Crippen LogP contribution in [-0.2, 0) is 4.74 Å². The molecule has 0 spiro atoms. The highest BCUT2D eigenvalue weighted by Crippen LogP contribution is 2.34. The molecule has 0 unspecified atom stereocenters. The molecule has 7 rings (SSSR count). The number of nitrogens with one attached hydrogen (secondary N) is 2. The number of ether oxygens (including phenoxy) is 2. The number of hydrogen-bond donors (Lipinski definition) is 2. The molecule has 2 fully saturated rings. The topological polar surface area (TPSA) is 126 Å². The van der Waals surface area contributed by atoms with Crippen molar-refractivity contribution in [2.24, 2.45) is 0 Å². The first-order valence-corrected chi connectivity index (χ1v) is 15.2. The van der Waals surface area contributed by atoms with E-state index in [9.17, 15) is 4.79 Å². The van der Waals surface area contributed by atoms with E-state index in [-0.39, 0.29) is 23.2 Å². The lowest BCUT2D eigenvalue weighted by atomic mass is 9.89. The van der Waals surface area contributed by atoms with E-state index in [1.807, 2.05) is 29.0 Å². The molecule has 7 heterocycles. The van der Waals surface area contributed by atoms with E-state index in [0.29, 0.717) is 29.6 Å². The Morgan fingerprint density at radius 3 is 2.84 bits per heavy atom. The summed E-state index contributed by atoms with van der Waals surface area (Å²) in [6, 6.07) is 9.55. The minimum absolute atomic E-state index is 0.0119. The Hall–Kier alpha value is -4.26. The number of fused-ring (bicyclic) bond motifs is 3. The molecule has 0 radical (unpaired) electrons. The first-order valence-electron chi connectivity index (χ1n) is 14.8. The number of amides is 1. The number of nitrogens with zero attached hydrogens (tertiary/aromatic N) is 7. The Morgan fingerprint density at radius 1 is 1.20 bits per heavy atom. The van der Waals surface area contributed by atoms with Gasteiger partial charge in [-0.1, -0.05) is 11.6 Å². The van der Waals surface area contributed by atoms with E-state index in [0.717, 1.165) is 66.9 Å². The molecular weight excluding hydrogens is 582 g/mol. The fourth-order valence-electron chi connectivity index (χ4n) is 5.97. The number of piperidine rings is 1. The van der Waals surface area contributed by atoms with Crippen LogP contribution in [0.3, 0.4) is 0 Å². The molecule has 2 aliphatic heterocycles. The zero-order valence-electron chi connectivity index (χ0n) is 24.7. The highest BCUT2D eigenvalue weighted by molar-refractivity contribution is 6.33. The van der Waals surface area contributed by atoms with Gasteiger partial charge in [-0.25, -0.2) is 14.5 Å². The van der Waals surface area contributed by atoms with Gasteiger partial charge in [-0.15, -0.1) is 5.10 Å². The largest absolute Gasteiger partial charge is 0.489 e. The fraction of sp³-hybridized carbons (Fsp3) is 0.387. The zero-order valence-corrected chi connectivity index (χ0v) is 25.4. The number of aromatic nitrogens is 6. The van der Waals surface area contributed by atoms with E-state index < -0.39 is 0 Å². The number of likely N-dealkylation sites (N-methyl/N-ethyl adjacent to an activating group) is 1. The maximum absolute atomic E-state index is 12.8. The maximum atomic E-state index is 12.8. The summed E-state index contributed by atoms with van der Waals surface area (Å²) in [6.45, 7) is 6.49. The van der Waals surface area contributed by atoms with Gasteiger partial charge < -0.3 is 24.6 Å². The van der Waals surface area contributed by atoms with Crippen LogP contribution in [0.25, 0.3) is 27.7 Å². The summed E-state index contributed by atoms with van der Waals surface area (Å²) in [6.07, 6.45) is 8.70. The molecule has 13 heteroatoms. The molecule has 0 saturated carbocycles. The van der Waals surface area contributed by atoms with E-state index in [2.05, 4.69) is 55.4 Å². The average molecular weight is 616 g/mol. The van der Waals surface area contributed by atoms with Crippen LogP contribution in [0.5, 0.6) is 5.75 Å². The predicted molar refractivity (Wildman–Crippen MR) is 167 cm³/mol. The van der Waals surface area contributed by atoms with Gasteiger partial charge in [0.05, 0.1) is 34.9 Å². The molecule has 0 aliphatic carbocycles. The monoisotopic (exact) mass is 615 g/mol. The van der Waals surface area contributed by atoms with Crippen LogP contribution < -0.4 is 15.0 Å². The van der Waals surface area contributed by atoms with Gasteiger partial charge in [0.25, 0.3) is 5.91 Å². The number of aromatic amines is 1. The van der Waals surface area contributed by atoms with E-state index in [4.69, 9.17) is 26.1 Å². The molecule has 2 aliphatic rings. The highest BCUT2D eigenvalue weighted by Gasteiger charge is 2.33. The molecule has 1 atom stereocenters. The van der Waals surface area contributed by atoms with Crippen LogP contribution in [0.1, 0.15) is 30.3 Å². The minimum Gasteiger partial charge on any atom is -0.489 e. The Labute approximate surface area is 259 Å². The number of morpholine rings is 1. The van der Waals surface area contributed by atoms with Crippen molar-refractivity contribution >= 4 is 39.9 Å². The van der Waals surface area contributed by atoms with Crippen molar-refractivity contribution in [1.82, 2.24) is 40.0 Å². The number of carbonyl (C=O) groups is 1. The first-order chi connectivity index (χ1) is 21.3. The Morgan fingerprint density at radius 2 is 2.07 bits per heavy atom. The average Bonchev–Trinajstić information content (AvgIpc) is 3.62. The number of H-pyrrole nitrogens is 1. The summed E-state index contributed by atoms with van der Waals surface area (Å²) in [4.78, 5) is 26.3. The molecule has 0 bridgehead atoms. The van der Waals surface area contributed by atoms with Gasteiger partial charge in [0, 0.05) is 55.2 Å². The number of rotatable bonds is 7. The van der Waals surface area contributed by atoms with Crippen LogP contribution in [0, 0.1) is 0 Å². The minimum atomic E-state index is -0.365. The third-order valence-corrected chi connectivity index (χ3v) is 8.82. The van der Waals surface area contributed by atoms with Gasteiger partial charge in [0.1, 0.15) is 30.0 Å². The lowest BCUT2D eigenvalue weighted by molar-refractivity contribution is -0.0404. The van der Waals surface area contributed by atoms with Crippen LogP contribution in [0.15, 0.2) is 55.1 Å². The number of hydrogen-bond acceptors (Lipinski definition) is 9. The molecule has 5 aromatic rings. The molecule has 2 N–H and O–H groups in total. The summed E-state index contributed by atoms with van der Waals surface area (Å²) in [5, 5.41) is 16.3. The van der Waals surface area contributed by atoms with Crippen LogP contribution >= 0.6 is 11.6 Å². The zero-order chi connectivity index (χ0) is 30.3. The van der Waals surface area contributed by atoms with Crippen LogP contribution in [0.2, 0.25) is 5.02 Å². The molecular formula is C31H34ClN9O3. The van der Waals surface area contributed by atoms with Gasteiger partial charge in [-0.2, -0.15) is 5.10 Å². The van der Waals surface area contributed by atoms with Crippen molar-refractivity contribution in [1.29, 1.82) is 0 Å². The molecule has 0 aromatic carbocycles. The Bertz CT molecular complexity index is 1800. The summed E-state index contributed by atoms with van der Waals surface area (Å²) >= 11 is 6.19. The second-order valence-corrected chi connectivity index (χ2v) is 12.2. The summed E-state index contributed by atoms with van der Waals surface area (Å²) < 4.78 is 14.0. The molecule has 5 aromatic heterocycles. The third kappa shape index (κ3) is 5.68. The maximum Gasteiger partial charge on any atom is 0.271 e. The summed E-state index contributed by atoms with van der Waals surface area (Å²) in [5.74, 6) is 1.34. The van der Waals surface area contributed by atoms with Gasteiger partial charge in [0.15, 0.2) is 5.65 Å². The third-order valence-electron chi connectivity index (χ3n) is 8.52. The van der Waals surface area contributed by atoms with Gasteiger partial charge in [-0.3, -0.25) is 9.89 Å². The SMILES string of the molecule is CN1CCO[C@H](COc2cc(-c3ccc(N4CCC(C)(NC(=O)c5ncccc5Cl)CC4)nc3)c3c4cn[nH]c4nn3c2)C1. The number of halogens is 1. The Balaban J connectivity index is 1.08. The fourth-order valence-corrected chi connectivity index (χ4v) is 6.18. The van der Waals surface area contributed by atoms with E-state index in [1.165, 1.54) is 0 Å². The molecule has 44 heavy (non-hydrogen) atoms. The van der Waals surface area contributed by atoms with Gasteiger partial charge >= 0.3 is 0 Å². The standard InChI is InChI=1S/C31H34ClN9O3/c1-31(36-30(42)27-25(32)4-3-9-33-27)7-10-40(11-8-31)26-6-5-20(15-34-26)23-14-21(44-19-22-17-39(2)12-13-43-22)18-41-28(23)24-16-35-37-29(24)38-41/h3-6,9,14-16,18,22H,7-8,10-13,17,19H2,1-2H3,(H,36,42)(H,37,38)/t22-/m0/s1. The lowest BCUT2D eigenvalue weighted by Crippen LogP contribution is -2.53.